The Kier molecular flexibility index (Phi) is 4.53. The Bertz CT molecular complexity index is 686. The Morgan fingerprint density at radius 3 is 2.72 bits per heavy atom. The number of hydrogen-bond donors (Lipinski definition) is 0. The Labute approximate surface area is 147 Å². The van der Waals surface area contributed by atoms with E-state index in [4.69, 9.17) is 9.47 Å². The van der Waals surface area contributed by atoms with E-state index in [0.717, 1.165) is 12.1 Å². The average Bonchev–Trinajstić information content (AvgIpc) is 3.13. The largest absolute Gasteiger partial charge is 0.447 e. The highest BCUT2D eigenvalue weighted by molar-refractivity contribution is 5.88. The van der Waals surface area contributed by atoms with Gasteiger partial charge >= 0.3 is 12.2 Å². The van der Waals surface area contributed by atoms with Crippen molar-refractivity contribution in [1.82, 2.24) is 14.9 Å². The van der Waals surface area contributed by atoms with Crippen molar-refractivity contribution in [3.63, 3.8) is 0 Å². The van der Waals surface area contributed by atoms with Crippen molar-refractivity contribution >= 4 is 18.0 Å². The molecule has 0 spiro atoms. The molecule has 8 nitrogen and oxygen atoms in total. The number of hydrogen-bond acceptors (Lipinski definition) is 6. The summed E-state index contributed by atoms with van der Waals surface area (Å²) in [5.74, 6) is 1.26. The van der Waals surface area contributed by atoms with E-state index >= 15 is 0 Å². The van der Waals surface area contributed by atoms with Crippen LogP contribution in [0.5, 0.6) is 0 Å². The molecule has 2 amide bonds. The third-order valence-corrected chi connectivity index (χ3v) is 4.14. The molecule has 8 heteroatoms. The summed E-state index contributed by atoms with van der Waals surface area (Å²) in [5.41, 5.74) is 0.331. The van der Waals surface area contributed by atoms with E-state index in [1.54, 1.807) is 11.8 Å². The van der Waals surface area contributed by atoms with Crippen molar-refractivity contribution in [1.29, 1.82) is 0 Å². The second-order valence-corrected chi connectivity index (χ2v) is 7.38. The Morgan fingerprint density at radius 1 is 1.32 bits per heavy atom. The molecule has 3 rings (SSSR count). The normalized spacial score (nSPS) is 20.8. The smallest absolute Gasteiger partial charge is 0.415 e. The molecule has 0 saturated carbocycles. The molecule has 0 radical (unpaired) electrons. The first-order chi connectivity index (χ1) is 11.7. The maximum Gasteiger partial charge on any atom is 0.415 e. The Hall–Kier alpha value is -2.38. The number of aromatic nitrogens is 2. The molecule has 2 aliphatic rings. The van der Waals surface area contributed by atoms with Crippen molar-refractivity contribution in [2.45, 2.75) is 45.6 Å². The molecule has 0 aromatic carbocycles. The first-order valence-electron chi connectivity index (χ1n) is 8.51. The molecule has 3 heterocycles. The highest BCUT2D eigenvalue weighted by Crippen LogP contribution is 2.29. The van der Waals surface area contributed by atoms with Crippen LogP contribution < -0.4 is 4.90 Å². The van der Waals surface area contributed by atoms with E-state index in [2.05, 4.69) is 9.97 Å². The summed E-state index contributed by atoms with van der Waals surface area (Å²) in [5, 5.41) is 0. The highest BCUT2D eigenvalue weighted by atomic mass is 16.6. The third-order valence-electron chi connectivity index (χ3n) is 4.14. The van der Waals surface area contributed by atoms with Crippen LogP contribution in [0.2, 0.25) is 0 Å². The maximum absolute atomic E-state index is 12.2. The first-order valence-corrected chi connectivity index (χ1v) is 8.51. The van der Waals surface area contributed by atoms with Gasteiger partial charge in [0.2, 0.25) is 0 Å². The third kappa shape index (κ3) is 4.00. The summed E-state index contributed by atoms with van der Waals surface area (Å²) < 4.78 is 10.4. The van der Waals surface area contributed by atoms with Crippen LogP contribution in [-0.2, 0) is 9.47 Å². The van der Waals surface area contributed by atoms with Gasteiger partial charge in [0.15, 0.2) is 0 Å². The average molecular weight is 348 g/mol. The van der Waals surface area contributed by atoms with Crippen LogP contribution in [0.25, 0.3) is 0 Å². The molecule has 25 heavy (non-hydrogen) atoms. The van der Waals surface area contributed by atoms with Crippen molar-refractivity contribution in [2.75, 3.05) is 31.1 Å². The molecule has 0 aliphatic carbocycles. The number of carbonyl (C=O) groups excluding carboxylic acids is 2. The monoisotopic (exact) mass is 348 g/mol. The lowest BCUT2D eigenvalue weighted by molar-refractivity contribution is 0.0292. The van der Waals surface area contributed by atoms with Crippen LogP contribution in [0, 0.1) is 6.92 Å². The molecule has 136 valence electrons. The van der Waals surface area contributed by atoms with Gasteiger partial charge in [-0.1, -0.05) is 0 Å². The second kappa shape index (κ2) is 6.50. The van der Waals surface area contributed by atoms with Gasteiger partial charge in [-0.15, -0.1) is 0 Å². The number of aryl methyl sites for hydroxylation is 1. The number of nitrogens with zero attached hydrogens (tertiary/aromatic N) is 4. The van der Waals surface area contributed by atoms with E-state index in [1.165, 1.54) is 4.90 Å². The highest BCUT2D eigenvalue weighted by Gasteiger charge is 2.32. The molecule has 0 bridgehead atoms. The van der Waals surface area contributed by atoms with E-state index in [9.17, 15) is 9.59 Å². The van der Waals surface area contributed by atoms with E-state index < -0.39 is 5.60 Å². The molecule has 1 aromatic heterocycles. The summed E-state index contributed by atoms with van der Waals surface area (Å²) in [6.45, 7) is 9.40. The second-order valence-electron chi connectivity index (χ2n) is 7.38. The van der Waals surface area contributed by atoms with Gasteiger partial charge in [0, 0.05) is 25.1 Å². The van der Waals surface area contributed by atoms with Crippen LogP contribution in [0.1, 0.15) is 44.6 Å². The van der Waals surface area contributed by atoms with Gasteiger partial charge in [-0.25, -0.2) is 19.6 Å². The lowest BCUT2D eigenvalue weighted by atomic mass is 10.0. The number of carbonyl (C=O) groups is 2. The topological polar surface area (TPSA) is 84.9 Å². The lowest BCUT2D eigenvalue weighted by Gasteiger charge is -2.24. The Morgan fingerprint density at radius 2 is 2.08 bits per heavy atom. The molecular formula is C17H24N4O4. The summed E-state index contributed by atoms with van der Waals surface area (Å²) >= 11 is 0. The first kappa shape index (κ1) is 17.4. The number of anilines is 1. The van der Waals surface area contributed by atoms with Gasteiger partial charge in [0.25, 0.3) is 0 Å². The van der Waals surface area contributed by atoms with E-state index in [0.29, 0.717) is 37.9 Å². The minimum Gasteiger partial charge on any atom is -0.447 e. The fraction of sp³-hybridized carbons (Fsp3) is 0.647. The molecule has 2 fully saturated rings. The van der Waals surface area contributed by atoms with Crippen molar-refractivity contribution in [3.05, 3.63) is 17.6 Å². The number of amides is 2. The zero-order valence-electron chi connectivity index (χ0n) is 15.1. The van der Waals surface area contributed by atoms with Crippen LogP contribution >= 0.6 is 0 Å². The zero-order valence-corrected chi connectivity index (χ0v) is 15.1. The standard InChI is InChI=1S/C17H24N4O4/c1-11-18-13(9-14(19-11)21-7-8-24-16(21)23)12-5-6-20(10-12)15(22)25-17(2,3)4/h9,12H,5-8,10H2,1-4H3/t12-/m1/s1. The van der Waals surface area contributed by atoms with Crippen LogP contribution in [0.4, 0.5) is 15.4 Å². The van der Waals surface area contributed by atoms with E-state index in [-0.39, 0.29) is 18.1 Å². The molecular weight excluding hydrogens is 324 g/mol. The number of rotatable bonds is 2. The predicted octanol–water partition coefficient (Wildman–Crippen LogP) is 2.47. The summed E-state index contributed by atoms with van der Waals surface area (Å²) in [7, 11) is 0. The molecule has 1 aromatic rings. The predicted molar refractivity (Wildman–Crippen MR) is 90.6 cm³/mol. The lowest BCUT2D eigenvalue weighted by Crippen LogP contribution is -2.35. The zero-order chi connectivity index (χ0) is 18.2. The van der Waals surface area contributed by atoms with Crippen LogP contribution in [-0.4, -0.2) is 58.9 Å². The van der Waals surface area contributed by atoms with Crippen LogP contribution in [0.3, 0.4) is 0 Å². The van der Waals surface area contributed by atoms with Crippen molar-refractivity contribution < 1.29 is 19.1 Å². The van der Waals surface area contributed by atoms with Gasteiger partial charge in [-0.05, 0) is 34.1 Å². The minimum atomic E-state index is -0.510. The Balaban J connectivity index is 1.73. The molecule has 0 N–H and O–H groups in total. The summed E-state index contributed by atoms with van der Waals surface area (Å²) in [6.07, 6.45) is 0.120. The minimum absolute atomic E-state index is 0.103. The fourth-order valence-corrected chi connectivity index (χ4v) is 3.02. The number of ether oxygens (including phenoxy) is 2. The molecule has 2 saturated heterocycles. The van der Waals surface area contributed by atoms with E-state index in [1.807, 2.05) is 26.8 Å². The van der Waals surface area contributed by atoms with Crippen LogP contribution in [0.15, 0.2) is 6.07 Å². The van der Waals surface area contributed by atoms with Gasteiger partial charge in [-0.3, -0.25) is 4.90 Å². The van der Waals surface area contributed by atoms with Gasteiger partial charge in [0.05, 0.1) is 12.2 Å². The number of cyclic esters (lactones) is 1. The number of likely N-dealkylation sites (tertiary alicyclic amines) is 1. The summed E-state index contributed by atoms with van der Waals surface area (Å²) in [4.78, 5) is 36.1. The van der Waals surface area contributed by atoms with Gasteiger partial charge in [0.1, 0.15) is 23.9 Å². The van der Waals surface area contributed by atoms with Gasteiger partial charge in [-0.2, -0.15) is 0 Å². The van der Waals surface area contributed by atoms with Crippen molar-refractivity contribution in [3.8, 4) is 0 Å². The van der Waals surface area contributed by atoms with Gasteiger partial charge < -0.3 is 14.4 Å². The quantitative estimate of drug-likeness (QED) is 0.816. The summed E-state index contributed by atoms with van der Waals surface area (Å²) in [6, 6.07) is 1.82. The molecule has 1 atom stereocenters. The van der Waals surface area contributed by atoms with Crippen molar-refractivity contribution in [2.24, 2.45) is 0 Å². The molecule has 0 unspecified atom stereocenters. The fourth-order valence-electron chi connectivity index (χ4n) is 3.02. The maximum atomic E-state index is 12.2. The molecule has 2 aliphatic heterocycles. The SMILES string of the molecule is Cc1nc([C@@H]2CCN(C(=O)OC(C)(C)C)C2)cc(N2CCOC2=O)n1.